The van der Waals surface area contributed by atoms with Gasteiger partial charge in [0.15, 0.2) is 0 Å². The number of hydrogen-bond donors (Lipinski definition) is 1. The SMILES string of the molecule is CNCc1nnc(N(C)c2cccc(C)c2)o1. The maximum Gasteiger partial charge on any atom is 0.322 e. The summed E-state index contributed by atoms with van der Waals surface area (Å²) in [4.78, 5) is 1.87. The van der Waals surface area contributed by atoms with E-state index in [2.05, 4.69) is 34.6 Å². The molecule has 0 spiro atoms. The smallest absolute Gasteiger partial charge is 0.322 e. The summed E-state index contributed by atoms with van der Waals surface area (Å²) in [5, 5.41) is 10.9. The van der Waals surface area contributed by atoms with E-state index in [4.69, 9.17) is 4.42 Å². The van der Waals surface area contributed by atoms with E-state index >= 15 is 0 Å². The molecule has 0 bridgehead atoms. The molecule has 17 heavy (non-hydrogen) atoms. The molecule has 2 aromatic rings. The Morgan fingerprint density at radius 2 is 2.18 bits per heavy atom. The molecule has 1 aromatic heterocycles. The molecule has 0 fully saturated rings. The van der Waals surface area contributed by atoms with Crippen molar-refractivity contribution < 1.29 is 4.42 Å². The van der Waals surface area contributed by atoms with Crippen molar-refractivity contribution in [2.45, 2.75) is 13.5 Å². The minimum absolute atomic E-state index is 0.501. The van der Waals surface area contributed by atoms with Gasteiger partial charge in [-0.3, -0.25) is 4.90 Å². The number of nitrogens with zero attached hydrogens (tertiary/aromatic N) is 3. The molecule has 0 radical (unpaired) electrons. The van der Waals surface area contributed by atoms with Gasteiger partial charge in [0.05, 0.1) is 6.54 Å². The first-order valence-corrected chi connectivity index (χ1v) is 5.48. The van der Waals surface area contributed by atoms with E-state index in [0.717, 1.165) is 5.69 Å². The molecule has 2 rings (SSSR count). The second kappa shape index (κ2) is 4.97. The van der Waals surface area contributed by atoms with Gasteiger partial charge in [-0.15, -0.1) is 5.10 Å². The summed E-state index contributed by atoms with van der Waals surface area (Å²) in [7, 11) is 3.75. The topological polar surface area (TPSA) is 54.2 Å². The third kappa shape index (κ3) is 2.62. The van der Waals surface area contributed by atoms with Gasteiger partial charge in [-0.25, -0.2) is 0 Å². The van der Waals surface area contributed by atoms with Gasteiger partial charge < -0.3 is 9.73 Å². The number of nitrogens with one attached hydrogen (secondary N) is 1. The van der Waals surface area contributed by atoms with Crippen molar-refractivity contribution in [3.05, 3.63) is 35.7 Å². The minimum Gasteiger partial charge on any atom is -0.406 e. The molecule has 1 N–H and O–H groups in total. The van der Waals surface area contributed by atoms with Gasteiger partial charge in [0.1, 0.15) is 0 Å². The summed E-state index contributed by atoms with van der Waals surface area (Å²) >= 11 is 0. The molecular formula is C12H16N4O. The minimum atomic E-state index is 0.501. The second-order valence-electron chi connectivity index (χ2n) is 3.91. The lowest BCUT2D eigenvalue weighted by Crippen LogP contribution is -2.09. The number of hydrogen-bond acceptors (Lipinski definition) is 5. The van der Waals surface area contributed by atoms with Crippen molar-refractivity contribution in [3.63, 3.8) is 0 Å². The van der Waals surface area contributed by atoms with E-state index in [1.165, 1.54) is 5.56 Å². The third-order valence-corrected chi connectivity index (χ3v) is 2.46. The summed E-state index contributed by atoms with van der Waals surface area (Å²) in [5.41, 5.74) is 2.23. The number of anilines is 2. The van der Waals surface area contributed by atoms with E-state index in [-0.39, 0.29) is 0 Å². The highest BCUT2D eigenvalue weighted by molar-refractivity contribution is 5.55. The Morgan fingerprint density at radius 3 is 2.88 bits per heavy atom. The highest BCUT2D eigenvalue weighted by Crippen LogP contribution is 2.22. The lowest BCUT2D eigenvalue weighted by Gasteiger charge is -2.14. The zero-order chi connectivity index (χ0) is 12.3. The van der Waals surface area contributed by atoms with Crippen LogP contribution in [0.25, 0.3) is 0 Å². The first-order valence-electron chi connectivity index (χ1n) is 5.48. The molecule has 0 unspecified atom stereocenters. The fraction of sp³-hybridized carbons (Fsp3) is 0.333. The number of rotatable bonds is 4. The fourth-order valence-electron chi connectivity index (χ4n) is 1.55. The maximum absolute atomic E-state index is 5.52. The normalized spacial score (nSPS) is 10.5. The van der Waals surface area contributed by atoms with E-state index in [1.807, 2.05) is 31.1 Å². The van der Waals surface area contributed by atoms with E-state index < -0.39 is 0 Å². The maximum atomic E-state index is 5.52. The highest BCUT2D eigenvalue weighted by atomic mass is 16.4. The Bertz CT molecular complexity index is 495. The summed E-state index contributed by atoms with van der Waals surface area (Å²) in [6, 6.07) is 8.64. The quantitative estimate of drug-likeness (QED) is 0.872. The third-order valence-electron chi connectivity index (χ3n) is 2.46. The van der Waals surface area contributed by atoms with Crippen molar-refractivity contribution in [2.24, 2.45) is 0 Å². The van der Waals surface area contributed by atoms with E-state index in [0.29, 0.717) is 18.5 Å². The Hall–Kier alpha value is -1.88. The van der Waals surface area contributed by atoms with Crippen molar-refractivity contribution in [1.82, 2.24) is 15.5 Å². The van der Waals surface area contributed by atoms with Gasteiger partial charge in [-0.2, -0.15) is 0 Å². The van der Waals surface area contributed by atoms with Crippen LogP contribution in [0.4, 0.5) is 11.7 Å². The molecule has 5 nitrogen and oxygen atoms in total. The monoisotopic (exact) mass is 232 g/mol. The van der Waals surface area contributed by atoms with Crippen LogP contribution in [0.3, 0.4) is 0 Å². The zero-order valence-corrected chi connectivity index (χ0v) is 10.3. The molecule has 90 valence electrons. The van der Waals surface area contributed by atoms with Gasteiger partial charge in [0, 0.05) is 12.7 Å². The fourth-order valence-corrected chi connectivity index (χ4v) is 1.55. The average molecular weight is 232 g/mol. The first-order chi connectivity index (χ1) is 8.20. The molecule has 1 heterocycles. The molecule has 0 saturated heterocycles. The molecule has 0 saturated carbocycles. The van der Waals surface area contributed by atoms with E-state index in [1.54, 1.807) is 0 Å². The van der Waals surface area contributed by atoms with Crippen LogP contribution >= 0.6 is 0 Å². The summed E-state index contributed by atoms with van der Waals surface area (Å²) in [6.07, 6.45) is 0. The summed E-state index contributed by atoms with van der Waals surface area (Å²) < 4.78 is 5.52. The van der Waals surface area contributed by atoms with Gasteiger partial charge in [0.2, 0.25) is 5.89 Å². The predicted octanol–water partition coefficient (Wildman–Crippen LogP) is 1.87. The zero-order valence-electron chi connectivity index (χ0n) is 10.3. The van der Waals surface area contributed by atoms with Crippen LogP contribution in [0, 0.1) is 6.92 Å². The average Bonchev–Trinajstić information content (AvgIpc) is 2.77. The van der Waals surface area contributed by atoms with Crippen LogP contribution < -0.4 is 10.2 Å². The predicted molar refractivity (Wildman–Crippen MR) is 66.3 cm³/mol. The standard InChI is InChI=1S/C12H16N4O/c1-9-5-4-6-10(7-9)16(3)12-15-14-11(17-12)8-13-2/h4-7,13H,8H2,1-3H3. The number of benzene rings is 1. The van der Waals surface area contributed by atoms with Crippen molar-refractivity contribution >= 4 is 11.7 Å². The molecule has 0 atom stereocenters. The Morgan fingerprint density at radius 1 is 1.35 bits per heavy atom. The molecular weight excluding hydrogens is 216 g/mol. The van der Waals surface area contributed by atoms with Crippen molar-refractivity contribution in [2.75, 3.05) is 19.0 Å². The summed E-state index contributed by atoms with van der Waals surface area (Å²) in [5.74, 6) is 0.585. The lowest BCUT2D eigenvalue weighted by atomic mass is 10.2. The van der Waals surface area contributed by atoms with Crippen LogP contribution in [0.2, 0.25) is 0 Å². The molecule has 0 aliphatic rings. The highest BCUT2D eigenvalue weighted by Gasteiger charge is 2.11. The Balaban J connectivity index is 2.21. The van der Waals surface area contributed by atoms with Crippen molar-refractivity contribution in [3.8, 4) is 0 Å². The largest absolute Gasteiger partial charge is 0.406 e. The van der Waals surface area contributed by atoms with Gasteiger partial charge in [-0.05, 0) is 31.7 Å². The first kappa shape index (κ1) is 11.6. The second-order valence-corrected chi connectivity index (χ2v) is 3.91. The molecule has 0 aliphatic heterocycles. The van der Waals surface area contributed by atoms with E-state index in [9.17, 15) is 0 Å². The van der Waals surface area contributed by atoms with Gasteiger partial charge in [0.25, 0.3) is 0 Å². The Kier molecular flexibility index (Phi) is 3.39. The molecule has 5 heteroatoms. The molecule has 0 aliphatic carbocycles. The van der Waals surface area contributed by atoms with Crippen LogP contribution in [-0.4, -0.2) is 24.3 Å². The lowest BCUT2D eigenvalue weighted by molar-refractivity contribution is 0.484. The Labute approximate surface area is 100 Å². The van der Waals surface area contributed by atoms with Gasteiger partial charge in [-0.1, -0.05) is 17.2 Å². The molecule has 1 aromatic carbocycles. The number of aryl methyl sites for hydroxylation is 1. The number of aromatic nitrogens is 2. The van der Waals surface area contributed by atoms with Crippen LogP contribution in [0.15, 0.2) is 28.7 Å². The van der Waals surface area contributed by atoms with Crippen LogP contribution in [-0.2, 0) is 6.54 Å². The van der Waals surface area contributed by atoms with Crippen molar-refractivity contribution in [1.29, 1.82) is 0 Å². The van der Waals surface area contributed by atoms with Gasteiger partial charge >= 0.3 is 6.01 Å². The summed E-state index contributed by atoms with van der Waals surface area (Å²) in [6.45, 7) is 2.63. The van der Waals surface area contributed by atoms with Crippen LogP contribution in [0.5, 0.6) is 0 Å². The van der Waals surface area contributed by atoms with Crippen LogP contribution in [0.1, 0.15) is 11.5 Å². The molecule has 0 amide bonds.